The molecule has 0 radical (unpaired) electrons. The normalized spacial score (nSPS) is 27.7. The molecule has 0 aromatic rings. The van der Waals surface area contributed by atoms with Gasteiger partial charge in [-0.05, 0) is 40.0 Å². The van der Waals surface area contributed by atoms with Crippen LogP contribution in [0.5, 0.6) is 0 Å². The highest BCUT2D eigenvalue weighted by Gasteiger charge is 2.36. The van der Waals surface area contributed by atoms with E-state index in [1.165, 1.54) is 7.11 Å². The highest BCUT2D eigenvalue weighted by Crippen LogP contribution is 2.20. The molecular formula is C17H29N3O5. The maximum atomic E-state index is 12.5. The van der Waals surface area contributed by atoms with E-state index in [4.69, 9.17) is 9.47 Å². The summed E-state index contributed by atoms with van der Waals surface area (Å²) in [5.41, 5.74) is -0.276. The van der Waals surface area contributed by atoms with Gasteiger partial charge in [0.2, 0.25) is 11.8 Å². The van der Waals surface area contributed by atoms with Crippen LogP contribution >= 0.6 is 0 Å². The topological polar surface area (TPSA) is 106 Å². The summed E-state index contributed by atoms with van der Waals surface area (Å²) in [5, 5.41) is 8.59. The lowest BCUT2D eigenvalue weighted by Crippen LogP contribution is -2.49. The minimum absolute atomic E-state index is 0.0482. The zero-order chi connectivity index (χ0) is 18.6. The van der Waals surface area contributed by atoms with Crippen LogP contribution in [0.4, 0.5) is 0 Å². The van der Waals surface area contributed by atoms with E-state index in [0.29, 0.717) is 25.9 Å². The molecule has 25 heavy (non-hydrogen) atoms. The van der Waals surface area contributed by atoms with Crippen LogP contribution in [0.1, 0.15) is 40.0 Å². The Bertz CT molecular complexity index is 517. The van der Waals surface area contributed by atoms with E-state index in [0.717, 1.165) is 0 Å². The zero-order valence-electron chi connectivity index (χ0n) is 15.4. The van der Waals surface area contributed by atoms with E-state index >= 15 is 0 Å². The van der Waals surface area contributed by atoms with Gasteiger partial charge in [-0.1, -0.05) is 0 Å². The fourth-order valence-corrected chi connectivity index (χ4v) is 3.28. The van der Waals surface area contributed by atoms with Crippen LogP contribution in [0.3, 0.4) is 0 Å². The lowest BCUT2D eigenvalue weighted by molar-refractivity contribution is -0.146. The first-order chi connectivity index (χ1) is 11.7. The number of esters is 1. The van der Waals surface area contributed by atoms with Crippen LogP contribution in [-0.2, 0) is 23.9 Å². The molecule has 2 saturated heterocycles. The second-order valence-electron chi connectivity index (χ2n) is 7.65. The van der Waals surface area contributed by atoms with Crippen LogP contribution < -0.4 is 16.0 Å². The second-order valence-corrected chi connectivity index (χ2v) is 7.65. The number of carbonyl (C=O) groups is 3. The molecule has 4 atom stereocenters. The molecule has 0 aromatic heterocycles. The van der Waals surface area contributed by atoms with Crippen LogP contribution in [0.15, 0.2) is 0 Å². The highest BCUT2D eigenvalue weighted by molar-refractivity contribution is 5.88. The summed E-state index contributed by atoms with van der Waals surface area (Å²) < 4.78 is 10.7. The average Bonchev–Trinajstić information content (AvgIpc) is 3.13. The molecule has 8 nitrogen and oxygen atoms in total. The number of rotatable bonds is 6. The van der Waals surface area contributed by atoms with Crippen molar-refractivity contribution >= 4 is 17.8 Å². The molecule has 0 saturated carbocycles. The first-order valence-corrected chi connectivity index (χ1v) is 8.76. The predicted octanol–water partition coefficient (Wildman–Crippen LogP) is -0.284. The van der Waals surface area contributed by atoms with Crippen molar-refractivity contribution in [3.63, 3.8) is 0 Å². The van der Waals surface area contributed by atoms with E-state index in [-0.39, 0.29) is 35.9 Å². The molecule has 2 aliphatic heterocycles. The van der Waals surface area contributed by atoms with Crippen molar-refractivity contribution in [3.8, 4) is 0 Å². The number of ether oxygens (including phenoxy) is 2. The van der Waals surface area contributed by atoms with Crippen molar-refractivity contribution in [3.05, 3.63) is 0 Å². The molecule has 0 aliphatic carbocycles. The summed E-state index contributed by atoms with van der Waals surface area (Å²) in [6.07, 6.45) is 1.40. The van der Waals surface area contributed by atoms with Crippen molar-refractivity contribution in [1.82, 2.24) is 16.0 Å². The highest BCUT2D eigenvalue weighted by atomic mass is 16.5. The SMILES string of the molecule is COC(=O)[C@H](C[C@@H]1CCNC1=O)NC(=O)[C@@H]1C[C@@H](OC(C)(C)C)CN1. The maximum Gasteiger partial charge on any atom is 0.328 e. The van der Waals surface area contributed by atoms with Gasteiger partial charge in [-0.3, -0.25) is 9.59 Å². The van der Waals surface area contributed by atoms with E-state index in [1.54, 1.807) is 0 Å². The van der Waals surface area contributed by atoms with Crippen LogP contribution in [0.25, 0.3) is 0 Å². The monoisotopic (exact) mass is 355 g/mol. The van der Waals surface area contributed by atoms with Crippen LogP contribution in [0.2, 0.25) is 0 Å². The number of hydrogen-bond donors (Lipinski definition) is 3. The maximum absolute atomic E-state index is 12.5. The fraction of sp³-hybridized carbons (Fsp3) is 0.824. The minimum Gasteiger partial charge on any atom is -0.467 e. The lowest BCUT2D eigenvalue weighted by Gasteiger charge is -2.24. The van der Waals surface area contributed by atoms with E-state index in [1.807, 2.05) is 20.8 Å². The summed E-state index contributed by atoms with van der Waals surface area (Å²) in [6.45, 7) is 7.10. The molecule has 3 N–H and O–H groups in total. The number of amides is 2. The number of methoxy groups -OCH3 is 1. The van der Waals surface area contributed by atoms with Crippen molar-refractivity contribution in [2.45, 2.75) is 63.8 Å². The van der Waals surface area contributed by atoms with E-state index in [9.17, 15) is 14.4 Å². The molecule has 2 rings (SSSR count). The first kappa shape index (κ1) is 19.7. The molecule has 142 valence electrons. The fourth-order valence-electron chi connectivity index (χ4n) is 3.28. The average molecular weight is 355 g/mol. The van der Waals surface area contributed by atoms with Gasteiger partial charge in [0.15, 0.2) is 0 Å². The van der Waals surface area contributed by atoms with Crippen molar-refractivity contribution < 1.29 is 23.9 Å². The van der Waals surface area contributed by atoms with Crippen molar-refractivity contribution in [2.24, 2.45) is 5.92 Å². The third-order valence-electron chi connectivity index (χ3n) is 4.41. The molecule has 2 aliphatic rings. The van der Waals surface area contributed by atoms with Gasteiger partial charge in [0.1, 0.15) is 6.04 Å². The number of nitrogens with one attached hydrogen (secondary N) is 3. The zero-order valence-corrected chi connectivity index (χ0v) is 15.4. The number of hydrogen-bond acceptors (Lipinski definition) is 6. The molecule has 0 bridgehead atoms. The Morgan fingerprint density at radius 3 is 2.64 bits per heavy atom. The molecule has 2 fully saturated rings. The van der Waals surface area contributed by atoms with Gasteiger partial charge in [0.05, 0.1) is 24.9 Å². The summed E-state index contributed by atoms with van der Waals surface area (Å²) in [5.74, 6) is -1.17. The Morgan fingerprint density at radius 1 is 1.36 bits per heavy atom. The Labute approximate surface area is 148 Å². The standard InChI is InChI=1S/C17H29N3O5/c1-17(2,3)25-11-8-12(19-9-11)15(22)20-13(16(23)24-4)7-10-5-6-18-14(10)21/h10-13,19H,5-9H2,1-4H3,(H,18,21)(H,20,22)/t10-,11+,12-,13-/m0/s1. The van der Waals surface area contributed by atoms with Crippen molar-refractivity contribution in [1.29, 1.82) is 0 Å². The van der Waals surface area contributed by atoms with Gasteiger partial charge >= 0.3 is 5.97 Å². The Balaban J connectivity index is 1.91. The number of carbonyl (C=O) groups excluding carboxylic acids is 3. The summed E-state index contributed by atoms with van der Waals surface area (Å²) in [6, 6.07) is -1.24. The van der Waals surface area contributed by atoms with Gasteiger partial charge in [-0.2, -0.15) is 0 Å². The van der Waals surface area contributed by atoms with Gasteiger partial charge in [-0.15, -0.1) is 0 Å². The largest absolute Gasteiger partial charge is 0.467 e. The minimum atomic E-state index is -0.823. The lowest BCUT2D eigenvalue weighted by atomic mass is 9.98. The molecule has 2 amide bonds. The van der Waals surface area contributed by atoms with Gasteiger partial charge in [0.25, 0.3) is 0 Å². The van der Waals surface area contributed by atoms with Crippen LogP contribution in [-0.4, -0.2) is 61.8 Å². The predicted molar refractivity (Wildman–Crippen MR) is 90.7 cm³/mol. The molecule has 2 heterocycles. The second kappa shape index (κ2) is 8.14. The molecule has 8 heteroatoms. The molecule has 0 spiro atoms. The van der Waals surface area contributed by atoms with Crippen molar-refractivity contribution in [2.75, 3.05) is 20.2 Å². The molecule has 0 unspecified atom stereocenters. The Hall–Kier alpha value is -1.67. The smallest absolute Gasteiger partial charge is 0.328 e. The van der Waals surface area contributed by atoms with Crippen LogP contribution in [0, 0.1) is 5.92 Å². The summed E-state index contributed by atoms with van der Waals surface area (Å²) in [7, 11) is 1.28. The Morgan fingerprint density at radius 2 is 2.08 bits per heavy atom. The van der Waals surface area contributed by atoms with Gasteiger partial charge in [-0.25, -0.2) is 4.79 Å². The summed E-state index contributed by atoms with van der Waals surface area (Å²) in [4.78, 5) is 36.2. The van der Waals surface area contributed by atoms with E-state index < -0.39 is 18.1 Å². The third kappa shape index (κ3) is 5.67. The molecular weight excluding hydrogens is 326 g/mol. The van der Waals surface area contributed by atoms with E-state index in [2.05, 4.69) is 16.0 Å². The first-order valence-electron chi connectivity index (χ1n) is 8.76. The molecule has 0 aromatic carbocycles. The third-order valence-corrected chi connectivity index (χ3v) is 4.41. The summed E-state index contributed by atoms with van der Waals surface area (Å²) >= 11 is 0. The van der Waals surface area contributed by atoms with Gasteiger partial charge in [0, 0.05) is 19.0 Å². The Kier molecular flexibility index (Phi) is 6.40. The quantitative estimate of drug-likeness (QED) is 0.566. The van der Waals surface area contributed by atoms with Gasteiger partial charge < -0.3 is 25.4 Å².